The van der Waals surface area contributed by atoms with Gasteiger partial charge in [-0.3, -0.25) is 9.59 Å². The van der Waals surface area contributed by atoms with E-state index in [-0.39, 0.29) is 11.8 Å². The van der Waals surface area contributed by atoms with Crippen LogP contribution in [0.2, 0.25) is 0 Å². The van der Waals surface area contributed by atoms with Crippen LogP contribution in [0.15, 0.2) is 108 Å². The third-order valence-corrected chi connectivity index (χ3v) is 6.31. The second-order valence-corrected chi connectivity index (χ2v) is 8.56. The lowest BCUT2D eigenvalue weighted by molar-refractivity contribution is 0.0987. The molecular formula is C29H22N4O3. The molecular weight excluding hydrogens is 452 g/mol. The summed E-state index contributed by atoms with van der Waals surface area (Å²) in [6, 6.07) is 26.6. The van der Waals surface area contributed by atoms with Crippen LogP contribution in [0.5, 0.6) is 0 Å². The van der Waals surface area contributed by atoms with Crippen molar-refractivity contribution >= 4 is 23.2 Å². The van der Waals surface area contributed by atoms with E-state index in [0.29, 0.717) is 23.4 Å². The first-order valence-electron chi connectivity index (χ1n) is 11.7. The zero-order valence-corrected chi connectivity index (χ0v) is 19.3. The average Bonchev–Trinajstić information content (AvgIpc) is 3.70. The summed E-state index contributed by atoms with van der Waals surface area (Å²) in [5, 5.41) is 7.46. The second kappa shape index (κ2) is 9.03. The number of carbonyl (C=O) groups is 2. The van der Waals surface area contributed by atoms with Gasteiger partial charge in [0, 0.05) is 29.0 Å². The van der Waals surface area contributed by atoms with Crippen LogP contribution in [0.3, 0.4) is 0 Å². The van der Waals surface area contributed by atoms with Crippen LogP contribution in [-0.2, 0) is 6.42 Å². The molecule has 7 nitrogen and oxygen atoms in total. The molecule has 0 atom stereocenters. The van der Waals surface area contributed by atoms with Gasteiger partial charge in [0.1, 0.15) is 6.26 Å². The van der Waals surface area contributed by atoms with Crippen molar-refractivity contribution in [3.63, 3.8) is 0 Å². The van der Waals surface area contributed by atoms with Gasteiger partial charge in [0.25, 0.3) is 11.8 Å². The molecule has 2 amide bonds. The van der Waals surface area contributed by atoms with Crippen molar-refractivity contribution in [3.8, 4) is 16.9 Å². The topological polar surface area (TPSA) is 80.4 Å². The number of rotatable bonds is 5. The van der Waals surface area contributed by atoms with Gasteiger partial charge in [-0.15, -0.1) is 0 Å². The lowest BCUT2D eigenvalue weighted by Gasteiger charge is -2.16. The predicted octanol–water partition coefficient (Wildman–Crippen LogP) is 5.59. The Balaban J connectivity index is 1.21. The molecule has 0 fully saturated rings. The average molecular weight is 475 g/mol. The van der Waals surface area contributed by atoms with Crippen molar-refractivity contribution in [1.29, 1.82) is 0 Å². The van der Waals surface area contributed by atoms with Gasteiger partial charge in [-0.2, -0.15) is 5.10 Å². The lowest BCUT2D eigenvalue weighted by atomic mass is 10.1. The molecule has 1 aliphatic rings. The fourth-order valence-corrected chi connectivity index (χ4v) is 4.55. The van der Waals surface area contributed by atoms with Crippen molar-refractivity contribution in [2.24, 2.45) is 0 Å². The minimum atomic E-state index is -0.213. The van der Waals surface area contributed by atoms with E-state index in [1.54, 1.807) is 23.2 Å². The molecule has 6 rings (SSSR count). The Labute approximate surface area is 207 Å². The van der Waals surface area contributed by atoms with E-state index in [0.717, 1.165) is 34.6 Å². The molecule has 5 aromatic rings. The minimum Gasteiger partial charge on any atom is -0.472 e. The second-order valence-electron chi connectivity index (χ2n) is 8.56. The Kier molecular flexibility index (Phi) is 5.42. The third-order valence-electron chi connectivity index (χ3n) is 6.31. The molecule has 2 aromatic heterocycles. The Morgan fingerprint density at radius 2 is 1.78 bits per heavy atom. The van der Waals surface area contributed by atoms with Gasteiger partial charge in [-0.25, -0.2) is 4.68 Å². The van der Waals surface area contributed by atoms with Crippen molar-refractivity contribution < 1.29 is 14.0 Å². The summed E-state index contributed by atoms with van der Waals surface area (Å²) in [6.07, 6.45) is 5.42. The lowest BCUT2D eigenvalue weighted by Crippen LogP contribution is -2.28. The Morgan fingerprint density at radius 3 is 2.61 bits per heavy atom. The van der Waals surface area contributed by atoms with Crippen molar-refractivity contribution in [2.75, 3.05) is 16.8 Å². The van der Waals surface area contributed by atoms with Gasteiger partial charge in [-0.1, -0.05) is 36.4 Å². The normalized spacial score (nSPS) is 12.4. The van der Waals surface area contributed by atoms with Crippen LogP contribution in [-0.4, -0.2) is 28.1 Å². The van der Waals surface area contributed by atoms with E-state index in [1.165, 1.54) is 12.5 Å². The molecule has 0 radical (unpaired) electrons. The number of nitrogens with zero attached hydrogens (tertiary/aromatic N) is 3. The first kappa shape index (κ1) is 21.6. The van der Waals surface area contributed by atoms with Crippen LogP contribution in [0.25, 0.3) is 16.9 Å². The van der Waals surface area contributed by atoms with Crippen LogP contribution in [0.4, 0.5) is 11.4 Å². The van der Waals surface area contributed by atoms with E-state index in [1.807, 2.05) is 77.5 Å². The van der Waals surface area contributed by atoms with E-state index in [4.69, 9.17) is 4.42 Å². The number of aromatic nitrogens is 2. The van der Waals surface area contributed by atoms with Gasteiger partial charge in [-0.05, 0) is 60.5 Å². The summed E-state index contributed by atoms with van der Waals surface area (Å²) in [5.41, 5.74) is 6.40. The number of carbonyl (C=O) groups excluding carboxylic acids is 2. The molecule has 0 spiro atoms. The summed E-state index contributed by atoms with van der Waals surface area (Å²) in [4.78, 5) is 27.6. The maximum absolute atomic E-state index is 13.1. The smallest absolute Gasteiger partial charge is 0.261 e. The van der Waals surface area contributed by atoms with E-state index >= 15 is 0 Å². The number of fused-ring (bicyclic) bond motifs is 1. The SMILES string of the molecule is O=C(Nc1ccc2c(c1)CCN2C(=O)c1ccoc1)c1cccc(-n2nccc2-c2ccccc2)c1. The van der Waals surface area contributed by atoms with Crippen LogP contribution in [0.1, 0.15) is 26.3 Å². The Morgan fingerprint density at radius 1 is 0.889 bits per heavy atom. The molecule has 0 saturated heterocycles. The molecule has 36 heavy (non-hydrogen) atoms. The summed E-state index contributed by atoms with van der Waals surface area (Å²) in [5.74, 6) is -0.306. The number of benzene rings is 3. The Hall–Kier alpha value is -4.91. The maximum Gasteiger partial charge on any atom is 0.261 e. The number of nitrogens with one attached hydrogen (secondary N) is 1. The molecule has 176 valence electrons. The molecule has 0 saturated carbocycles. The number of anilines is 2. The quantitative estimate of drug-likeness (QED) is 0.360. The summed E-state index contributed by atoms with van der Waals surface area (Å²) in [7, 11) is 0. The van der Waals surface area contributed by atoms with Gasteiger partial charge < -0.3 is 14.6 Å². The number of furan rings is 1. The van der Waals surface area contributed by atoms with Gasteiger partial charge >= 0.3 is 0 Å². The van der Waals surface area contributed by atoms with Crippen LogP contribution in [0, 0.1) is 0 Å². The van der Waals surface area contributed by atoms with E-state index in [9.17, 15) is 9.59 Å². The molecule has 1 N–H and O–H groups in total. The highest BCUT2D eigenvalue weighted by Crippen LogP contribution is 2.32. The van der Waals surface area contributed by atoms with Gasteiger partial charge in [0.05, 0.1) is 29.4 Å². The highest BCUT2D eigenvalue weighted by Gasteiger charge is 2.26. The fourth-order valence-electron chi connectivity index (χ4n) is 4.55. The number of hydrogen-bond donors (Lipinski definition) is 1. The largest absolute Gasteiger partial charge is 0.472 e. The zero-order valence-electron chi connectivity index (χ0n) is 19.3. The minimum absolute atomic E-state index is 0.0930. The van der Waals surface area contributed by atoms with Gasteiger partial charge in [0.2, 0.25) is 0 Å². The standard InChI is InChI=1S/C29H22N4O3/c34-28(22-7-4-8-25(18-22)33-27(11-14-30-33)20-5-2-1-3-6-20)31-24-9-10-26-21(17-24)12-15-32(26)29(35)23-13-16-36-19-23/h1-11,13-14,16-19H,12,15H2,(H,31,34). The van der Waals surface area contributed by atoms with Crippen molar-refractivity contribution in [2.45, 2.75) is 6.42 Å². The zero-order chi connectivity index (χ0) is 24.5. The molecule has 0 aliphatic carbocycles. The highest BCUT2D eigenvalue weighted by atomic mass is 16.3. The number of amides is 2. The van der Waals surface area contributed by atoms with Gasteiger partial charge in [0.15, 0.2) is 0 Å². The summed E-state index contributed by atoms with van der Waals surface area (Å²) in [6.45, 7) is 0.590. The third kappa shape index (κ3) is 3.96. The van der Waals surface area contributed by atoms with E-state index in [2.05, 4.69) is 10.4 Å². The molecule has 3 heterocycles. The first-order valence-corrected chi connectivity index (χ1v) is 11.7. The Bertz CT molecular complexity index is 1550. The fraction of sp³-hybridized carbons (Fsp3) is 0.0690. The van der Waals surface area contributed by atoms with Crippen molar-refractivity contribution in [1.82, 2.24) is 9.78 Å². The molecule has 0 unspecified atom stereocenters. The highest BCUT2D eigenvalue weighted by molar-refractivity contribution is 6.08. The molecule has 0 bridgehead atoms. The molecule has 1 aliphatic heterocycles. The maximum atomic E-state index is 13.1. The molecule has 3 aromatic carbocycles. The monoisotopic (exact) mass is 474 g/mol. The molecule has 7 heteroatoms. The van der Waals surface area contributed by atoms with Crippen LogP contribution < -0.4 is 10.2 Å². The summed E-state index contributed by atoms with van der Waals surface area (Å²) < 4.78 is 6.88. The van der Waals surface area contributed by atoms with Crippen molar-refractivity contribution in [3.05, 3.63) is 120 Å². The van der Waals surface area contributed by atoms with Crippen LogP contribution >= 0.6 is 0 Å². The van der Waals surface area contributed by atoms with E-state index < -0.39 is 0 Å². The summed E-state index contributed by atoms with van der Waals surface area (Å²) >= 11 is 0. The first-order chi connectivity index (χ1) is 17.7. The number of hydrogen-bond acceptors (Lipinski definition) is 4. The predicted molar refractivity (Wildman–Crippen MR) is 137 cm³/mol.